The predicted octanol–water partition coefficient (Wildman–Crippen LogP) is -0.298. The van der Waals surface area contributed by atoms with Crippen molar-refractivity contribution in [2.45, 2.75) is 79.8 Å². The highest BCUT2D eigenvalue weighted by molar-refractivity contribution is 8.10. The van der Waals surface area contributed by atoms with Crippen LogP contribution in [0.1, 0.15) is 71.6 Å². The topological polar surface area (TPSA) is 280 Å². The molecule has 0 aliphatic rings. The summed E-state index contributed by atoms with van der Waals surface area (Å²) in [6, 6.07) is 7.16. The first-order chi connectivity index (χ1) is 18.9. The second-order valence-corrected chi connectivity index (χ2v) is 18.4. The van der Waals surface area contributed by atoms with E-state index in [4.69, 9.17) is 21.0 Å². The summed E-state index contributed by atoms with van der Waals surface area (Å²) in [6.07, 6.45) is -1.92. The lowest BCUT2D eigenvalue weighted by Crippen LogP contribution is -2.63. The first-order valence-electron chi connectivity index (χ1n) is 12.4. The van der Waals surface area contributed by atoms with Crippen LogP contribution in [0.25, 0.3) is 0 Å². The number of unbranched alkanes of at least 4 members (excludes halogenated alkanes) is 4. The lowest BCUT2D eigenvalue weighted by Gasteiger charge is -2.37. The van der Waals surface area contributed by atoms with Gasteiger partial charge in [0.2, 0.25) is 48.3 Å². The Hall–Kier alpha value is -2.40. The monoisotopic (exact) mass is 656 g/mol. The molecule has 0 aliphatic heterocycles. The van der Waals surface area contributed by atoms with E-state index in [0.29, 0.717) is 13.8 Å². The van der Waals surface area contributed by atoms with Gasteiger partial charge in [0, 0.05) is 58.3 Å². The first-order valence-corrected chi connectivity index (χ1v) is 18.3. The van der Waals surface area contributed by atoms with Crippen LogP contribution in [0.2, 0.25) is 0 Å². The maximum absolute atomic E-state index is 13.5. The summed E-state index contributed by atoms with van der Waals surface area (Å²) in [7, 11) is -20.2. The summed E-state index contributed by atoms with van der Waals surface area (Å²) in [5.74, 6) is 0. The molecule has 41 heavy (non-hydrogen) atoms. The van der Waals surface area contributed by atoms with Crippen molar-refractivity contribution in [3.8, 4) is 24.3 Å². The Balaban J connectivity index is 7.02. The lowest BCUT2D eigenvalue weighted by atomic mass is 10.2. The van der Waals surface area contributed by atoms with Gasteiger partial charge >= 0.3 is 0 Å². The molecule has 16 nitrogen and oxygen atoms in total. The molecule has 0 fully saturated rings. The molecule has 0 saturated carbocycles. The summed E-state index contributed by atoms with van der Waals surface area (Å²) >= 11 is 0. The van der Waals surface area contributed by atoms with Gasteiger partial charge in [-0.25, -0.2) is 52.6 Å². The van der Waals surface area contributed by atoms with E-state index in [9.17, 15) is 33.7 Å². The van der Waals surface area contributed by atoms with Gasteiger partial charge in [-0.05, 0) is 39.5 Å². The molecule has 0 aromatic rings. The van der Waals surface area contributed by atoms with Crippen molar-refractivity contribution in [2.24, 2.45) is 0 Å². The van der Waals surface area contributed by atoms with E-state index in [1.165, 1.54) is 0 Å². The predicted molar refractivity (Wildman–Crippen MR) is 149 cm³/mol. The fourth-order valence-corrected chi connectivity index (χ4v) is 11.5. The van der Waals surface area contributed by atoms with Gasteiger partial charge < -0.3 is 0 Å². The molecule has 0 aliphatic carbocycles. The van der Waals surface area contributed by atoms with Crippen LogP contribution in [0.5, 0.6) is 0 Å². The Morgan fingerprint density at radius 1 is 0.463 bits per heavy atom. The van der Waals surface area contributed by atoms with Gasteiger partial charge in [-0.15, -0.1) is 0 Å². The summed E-state index contributed by atoms with van der Waals surface area (Å²) in [5, 5.41) is 34.9. The average Bonchev–Trinajstić information content (AvgIpc) is 2.89. The van der Waals surface area contributed by atoms with Crippen LogP contribution in [0, 0.1) is 45.3 Å². The largest absolute Gasteiger partial charge is 0.233 e. The molecule has 0 aromatic carbocycles. The number of nitriles is 4. The Labute approximate surface area is 243 Å². The van der Waals surface area contributed by atoms with Crippen molar-refractivity contribution in [3.63, 3.8) is 0 Å². The van der Waals surface area contributed by atoms with Crippen molar-refractivity contribution in [1.29, 1.82) is 21.0 Å². The molecule has 0 amide bonds. The minimum atomic E-state index is -5.06. The number of hydrogen-bond donors (Lipinski definition) is 4. The lowest BCUT2D eigenvalue weighted by molar-refractivity contribution is 0.483. The molecular weight excluding hydrogens is 621 g/mol. The van der Waals surface area contributed by atoms with Crippen LogP contribution in [-0.2, 0) is 40.1 Å². The number of nitrogens with zero attached hydrogens (tertiary/aromatic N) is 4. The van der Waals surface area contributed by atoms with Gasteiger partial charge in [-0.1, -0.05) is 0 Å². The van der Waals surface area contributed by atoms with E-state index in [1.54, 1.807) is 24.3 Å². The average molecular weight is 657 g/mol. The van der Waals surface area contributed by atoms with Gasteiger partial charge in [0.05, 0.1) is 24.3 Å². The number of hydrogen-bond acceptors (Lipinski definition) is 12. The maximum atomic E-state index is 13.5. The van der Waals surface area contributed by atoms with Gasteiger partial charge in [-0.3, -0.25) is 0 Å². The second-order valence-electron chi connectivity index (χ2n) is 9.08. The standard InChI is InChI=1S/C21H36N8O8S4/c1-20(38(30,31)26-15-7-3-11-22,39(32,33)27-16-8-4-12-23)19-21(2,40(34,35)28-17-9-5-13-24)41(36,37)29-18-10-6-14-25/h26-29H,3-10,15-19H2,1-2H3. The normalized spacial score (nSPS) is 13.0. The van der Waals surface area contributed by atoms with Gasteiger partial charge in [0.25, 0.3) is 0 Å². The molecule has 0 rings (SSSR count). The van der Waals surface area contributed by atoms with E-state index in [1.807, 2.05) is 18.9 Å². The van der Waals surface area contributed by atoms with Crippen molar-refractivity contribution in [1.82, 2.24) is 18.9 Å². The van der Waals surface area contributed by atoms with Crippen molar-refractivity contribution >= 4 is 40.1 Å². The minimum Gasteiger partial charge on any atom is -0.214 e. The van der Waals surface area contributed by atoms with Crippen LogP contribution in [0.3, 0.4) is 0 Å². The molecule has 0 saturated heterocycles. The molecule has 4 N–H and O–H groups in total. The molecule has 232 valence electrons. The Kier molecular flexibility index (Phi) is 15.9. The number of rotatable bonds is 22. The highest BCUT2D eigenvalue weighted by Crippen LogP contribution is 2.39. The number of nitrogens with one attached hydrogen (secondary N) is 4. The molecule has 20 heteroatoms. The zero-order valence-corrected chi connectivity index (χ0v) is 26.1. The van der Waals surface area contributed by atoms with E-state index >= 15 is 0 Å². The highest BCUT2D eigenvalue weighted by Gasteiger charge is 2.62. The van der Waals surface area contributed by atoms with Crippen molar-refractivity contribution in [3.05, 3.63) is 0 Å². The van der Waals surface area contributed by atoms with Crippen LogP contribution in [-0.4, -0.2) is 68.0 Å². The summed E-state index contributed by atoms with van der Waals surface area (Å²) < 4.78 is 110. The quantitative estimate of drug-likeness (QED) is 0.109. The highest BCUT2D eigenvalue weighted by atomic mass is 32.3. The van der Waals surface area contributed by atoms with E-state index in [0.717, 1.165) is 0 Å². The zero-order valence-electron chi connectivity index (χ0n) is 22.9. The third-order valence-corrected chi connectivity index (χ3v) is 16.0. The molecular formula is C21H36N8O8S4. The van der Waals surface area contributed by atoms with Crippen LogP contribution >= 0.6 is 0 Å². The Bertz CT molecular complexity index is 1250. The fraction of sp³-hybridized carbons (Fsp3) is 0.810. The Morgan fingerprint density at radius 2 is 0.659 bits per heavy atom. The summed E-state index contributed by atoms with van der Waals surface area (Å²) in [4.78, 5) is 0. The first kappa shape index (κ1) is 38.6. The Morgan fingerprint density at radius 3 is 0.829 bits per heavy atom. The van der Waals surface area contributed by atoms with Crippen LogP contribution < -0.4 is 18.9 Å². The second kappa shape index (κ2) is 16.9. The molecule has 0 heterocycles. The van der Waals surface area contributed by atoms with Gasteiger partial charge in [-0.2, -0.15) is 21.0 Å². The summed E-state index contributed by atoms with van der Waals surface area (Å²) in [5.41, 5.74) is 0. The third-order valence-electron chi connectivity index (χ3n) is 5.95. The third kappa shape index (κ3) is 10.4. The molecule has 0 bridgehead atoms. The maximum Gasteiger partial charge on any atom is 0.233 e. The molecule has 0 radical (unpaired) electrons. The number of sulfonamides is 4. The molecule has 0 unspecified atom stereocenters. The van der Waals surface area contributed by atoms with E-state index < -0.39 is 80.9 Å². The molecule has 0 atom stereocenters. The van der Waals surface area contributed by atoms with Gasteiger partial charge in [0.1, 0.15) is 0 Å². The van der Waals surface area contributed by atoms with E-state index in [2.05, 4.69) is 0 Å². The van der Waals surface area contributed by atoms with Crippen molar-refractivity contribution < 1.29 is 33.7 Å². The zero-order chi connectivity index (χ0) is 31.8. The van der Waals surface area contributed by atoms with Crippen LogP contribution in [0.15, 0.2) is 0 Å². The minimum absolute atomic E-state index is 0.0176. The van der Waals surface area contributed by atoms with Crippen molar-refractivity contribution in [2.75, 3.05) is 26.2 Å². The SMILES string of the molecule is CC(CC(C)(S(=O)(=O)NCCCC#N)S(=O)(=O)NCCCC#N)(S(=O)(=O)NCCCC#N)S(=O)(=O)NCCCC#N. The van der Waals surface area contributed by atoms with E-state index in [-0.39, 0.29) is 51.4 Å². The molecule has 0 spiro atoms. The fourth-order valence-electron chi connectivity index (χ4n) is 3.36. The van der Waals surface area contributed by atoms with Crippen LogP contribution in [0.4, 0.5) is 0 Å². The van der Waals surface area contributed by atoms with Gasteiger partial charge in [0.15, 0.2) is 0 Å². The molecule has 0 aromatic heterocycles. The smallest absolute Gasteiger partial charge is 0.214 e. The summed E-state index contributed by atoms with van der Waals surface area (Å²) in [6.45, 7) is -0.258.